The van der Waals surface area contributed by atoms with Crippen LogP contribution in [0.25, 0.3) is 0 Å². The molecule has 4 heteroatoms. The fourth-order valence-corrected chi connectivity index (χ4v) is 2.20. The number of amides is 1. The number of nitrogens with zero attached hydrogens (tertiary/aromatic N) is 2. The fourth-order valence-electron chi connectivity index (χ4n) is 2.20. The Hall–Kier alpha value is -2.10. The van der Waals surface area contributed by atoms with E-state index in [1.54, 1.807) is 13.2 Å². The van der Waals surface area contributed by atoms with E-state index in [-0.39, 0.29) is 11.8 Å². The minimum absolute atomic E-state index is 0.0805. The number of hydrogen-bond acceptors (Lipinski definition) is 2. The molecule has 0 spiro atoms. The Bertz CT molecular complexity index is 558. The molecular weight excluding hydrogens is 238 g/mol. The van der Waals surface area contributed by atoms with Crippen LogP contribution in [0.1, 0.15) is 41.4 Å². The lowest BCUT2D eigenvalue weighted by molar-refractivity contribution is 0.0961. The van der Waals surface area contributed by atoms with Crippen molar-refractivity contribution in [2.24, 2.45) is 0 Å². The van der Waals surface area contributed by atoms with Crippen LogP contribution in [-0.2, 0) is 6.54 Å². The van der Waals surface area contributed by atoms with Crippen molar-refractivity contribution in [3.8, 4) is 0 Å². The highest BCUT2D eigenvalue weighted by atomic mass is 16.1. The average molecular weight is 257 g/mol. The third kappa shape index (κ3) is 2.84. The summed E-state index contributed by atoms with van der Waals surface area (Å²) in [6.45, 7) is 4.83. The van der Waals surface area contributed by atoms with Crippen molar-refractivity contribution in [1.29, 1.82) is 0 Å². The van der Waals surface area contributed by atoms with Crippen LogP contribution in [0.15, 0.2) is 36.5 Å². The molecule has 1 aromatic heterocycles. The van der Waals surface area contributed by atoms with Crippen molar-refractivity contribution in [3.05, 3.63) is 53.3 Å². The molecule has 0 aliphatic heterocycles. The second-order valence-electron chi connectivity index (χ2n) is 4.82. The predicted molar refractivity (Wildman–Crippen MR) is 75.3 cm³/mol. The zero-order valence-corrected chi connectivity index (χ0v) is 11.6. The molecule has 2 rings (SSSR count). The Balaban J connectivity index is 2.36. The number of rotatable bonds is 4. The molecule has 0 aliphatic carbocycles. The van der Waals surface area contributed by atoms with Gasteiger partial charge in [-0.1, -0.05) is 44.2 Å². The van der Waals surface area contributed by atoms with E-state index < -0.39 is 0 Å². The first-order valence-electron chi connectivity index (χ1n) is 6.45. The maximum absolute atomic E-state index is 11.8. The quantitative estimate of drug-likeness (QED) is 0.914. The highest BCUT2D eigenvalue weighted by molar-refractivity contribution is 5.95. The lowest BCUT2D eigenvalue weighted by Crippen LogP contribution is -2.20. The van der Waals surface area contributed by atoms with Crippen molar-refractivity contribution in [1.82, 2.24) is 15.1 Å². The molecule has 1 heterocycles. The first-order valence-corrected chi connectivity index (χ1v) is 6.45. The van der Waals surface area contributed by atoms with Crippen LogP contribution in [0.5, 0.6) is 0 Å². The molecule has 0 saturated carbocycles. The number of carbonyl (C=O) groups excluding carboxylic acids is 1. The second-order valence-corrected chi connectivity index (χ2v) is 4.82. The summed E-state index contributed by atoms with van der Waals surface area (Å²) in [6.07, 6.45) is 1.65. The molecule has 0 saturated heterocycles. The predicted octanol–water partition coefficient (Wildman–Crippen LogP) is 2.41. The van der Waals surface area contributed by atoms with Crippen molar-refractivity contribution in [3.63, 3.8) is 0 Å². The van der Waals surface area contributed by atoms with Gasteiger partial charge in [-0.05, 0) is 11.5 Å². The van der Waals surface area contributed by atoms with Crippen LogP contribution in [-0.4, -0.2) is 22.7 Å². The Morgan fingerprint density at radius 1 is 1.32 bits per heavy atom. The Kier molecular flexibility index (Phi) is 4.00. The standard InChI is InChI=1S/C15H19N3O/c1-11(2)14-13(15(19)16-3)9-17-18(14)10-12-7-5-4-6-8-12/h4-9,11H,10H2,1-3H3,(H,16,19). The third-order valence-corrected chi connectivity index (χ3v) is 3.07. The topological polar surface area (TPSA) is 46.9 Å². The lowest BCUT2D eigenvalue weighted by atomic mass is 10.1. The maximum atomic E-state index is 11.8. The van der Waals surface area contributed by atoms with Gasteiger partial charge < -0.3 is 5.32 Å². The van der Waals surface area contributed by atoms with Gasteiger partial charge in [-0.25, -0.2) is 0 Å². The van der Waals surface area contributed by atoms with Gasteiger partial charge in [-0.15, -0.1) is 0 Å². The smallest absolute Gasteiger partial charge is 0.254 e. The van der Waals surface area contributed by atoms with Gasteiger partial charge in [0.15, 0.2) is 0 Å². The van der Waals surface area contributed by atoms with Gasteiger partial charge in [0.2, 0.25) is 0 Å². The monoisotopic (exact) mass is 257 g/mol. The summed E-state index contributed by atoms with van der Waals surface area (Å²) in [5, 5.41) is 7.02. The Morgan fingerprint density at radius 3 is 2.58 bits per heavy atom. The van der Waals surface area contributed by atoms with E-state index in [1.807, 2.05) is 22.9 Å². The van der Waals surface area contributed by atoms with Crippen molar-refractivity contribution in [2.45, 2.75) is 26.3 Å². The number of aromatic nitrogens is 2. The van der Waals surface area contributed by atoms with Gasteiger partial charge in [0.05, 0.1) is 24.0 Å². The largest absolute Gasteiger partial charge is 0.355 e. The molecule has 0 fully saturated rings. The minimum Gasteiger partial charge on any atom is -0.355 e. The van der Waals surface area contributed by atoms with E-state index in [0.29, 0.717) is 12.1 Å². The SMILES string of the molecule is CNC(=O)c1cnn(Cc2ccccc2)c1C(C)C. The highest BCUT2D eigenvalue weighted by Gasteiger charge is 2.18. The van der Waals surface area contributed by atoms with Crippen LogP contribution >= 0.6 is 0 Å². The van der Waals surface area contributed by atoms with E-state index in [4.69, 9.17) is 0 Å². The molecule has 0 unspecified atom stereocenters. The van der Waals surface area contributed by atoms with Crippen molar-refractivity contribution in [2.75, 3.05) is 7.05 Å². The van der Waals surface area contributed by atoms with Crippen LogP contribution in [0.4, 0.5) is 0 Å². The third-order valence-electron chi connectivity index (χ3n) is 3.07. The number of benzene rings is 1. The van der Waals surface area contributed by atoms with Crippen molar-refractivity contribution < 1.29 is 4.79 Å². The summed E-state index contributed by atoms with van der Waals surface area (Å²) in [7, 11) is 1.64. The van der Waals surface area contributed by atoms with E-state index in [1.165, 1.54) is 5.56 Å². The number of nitrogens with one attached hydrogen (secondary N) is 1. The second kappa shape index (κ2) is 5.69. The molecule has 0 atom stereocenters. The molecule has 4 nitrogen and oxygen atoms in total. The van der Waals surface area contributed by atoms with Gasteiger partial charge in [-0.2, -0.15) is 5.10 Å². The van der Waals surface area contributed by atoms with Gasteiger partial charge >= 0.3 is 0 Å². The first-order chi connectivity index (χ1) is 9.13. The van der Waals surface area contributed by atoms with E-state index in [2.05, 4.69) is 36.4 Å². The highest BCUT2D eigenvalue weighted by Crippen LogP contribution is 2.20. The molecular formula is C15H19N3O. The van der Waals surface area contributed by atoms with Crippen LogP contribution < -0.4 is 5.32 Å². The van der Waals surface area contributed by atoms with Gasteiger partial charge in [-0.3, -0.25) is 9.48 Å². The molecule has 0 aliphatic rings. The fraction of sp³-hybridized carbons (Fsp3) is 0.333. The number of hydrogen-bond donors (Lipinski definition) is 1. The van der Waals surface area contributed by atoms with E-state index >= 15 is 0 Å². The molecule has 1 aromatic carbocycles. The number of carbonyl (C=O) groups is 1. The van der Waals surface area contributed by atoms with Gasteiger partial charge in [0, 0.05) is 7.05 Å². The molecule has 1 amide bonds. The zero-order valence-electron chi connectivity index (χ0n) is 11.6. The molecule has 0 radical (unpaired) electrons. The summed E-state index contributed by atoms with van der Waals surface area (Å²) < 4.78 is 1.91. The molecule has 0 bridgehead atoms. The first kappa shape index (κ1) is 13.3. The van der Waals surface area contributed by atoms with Crippen LogP contribution in [0.2, 0.25) is 0 Å². The lowest BCUT2D eigenvalue weighted by Gasteiger charge is -2.12. The molecule has 2 aromatic rings. The molecule has 100 valence electrons. The average Bonchev–Trinajstić information content (AvgIpc) is 2.83. The van der Waals surface area contributed by atoms with Crippen molar-refractivity contribution >= 4 is 5.91 Å². The minimum atomic E-state index is -0.0805. The summed E-state index contributed by atoms with van der Waals surface area (Å²) in [4.78, 5) is 11.8. The summed E-state index contributed by atoms with van der Waals surface area (Å²) in [6, 6.07) is 10.1. The summed E-state index contributed by atoms with van der Waals surface area (Å²) in [5.74, 6) is 0.168. The van der Waals surface area contributed by atoms with E-state index in [9.17, 15) is 4.79 Å². The summed E-state index contributed by atoms with van der Waals surface area (Å²) >= 11 is 0. The van der Waals surface area contributed by atoms with E-state index in [0.717, 1.165) is 5.69 Å². The maximum Gasteiger partial charge on any atom is 0.254 e. The summed E-state index contributed by atoms with van der Waals surface area (Å²) in [5.41, 5.74) is 2.81. The van der Waals surface area contributed by atoms with Gasteiger partial charge in [0.1, 0.15) is 0 Å². The van der Waals surface area contributed by atoms with Crippen LogP contribution in [0.3, 0.4) is 0 Å². The van der Waals surface area contributed by atoms with Crippen LogP contribution in [0, 0.1) is 0 Å². The Labute approximate surface area is 113 Å². The zero-order chi connectivity index (χ0) is 13.8. The van der Waals surface area contributed by atoms with Gasteiger partial charge in [0.25, 0.3) is 5.91 Å². The Morgan fingerprint density at radius 2 is 2.00 bits per heavy atom. The molecule has 1 N–H and O–H groups in total. The molecule has 19 heavy (non-hydrogen) atoms. The normalized spacial score (nSPS) is 10.7.